The number of hydrogen-bond donors (Lipinski definition) is 5. The fourth-order valence-corrected chi connectivity index (χ4v) is 0.737. The van der Waals surface area contributed by atoms with Crippen molar-refractivity contribution in [3.63, 3.8) is 0 Å². The molecule has 0 amide bonds. The molecule has 126 valence electrons. The molecular formula is C10H24N4O7. The second-order valence-electron chi connectivity index (χ2n) is 3.46. The molecular weight excluding hydrogens is 288 g/mol. The molecule has 0 unspecified atom stereocenters. The summed E-state index contributed by atoms with van der Waals surface area (Å²) in [6.45, 7) is -0.299. The van der Waals surface area contributed by atoms with Gasteiger partial charge in [0.25, 0.3) is 0 Å². The predicted octanol–water partition coefficient (Wildman–Crippen LogP) is -0.847. The number of carbonyl (C=O) groups is 4. The van der Waals surface area contributed by atoms with Crippen LogP contribution in [0.5, 0.6) is 0 Å². The van der Waals surface area contributed by atoms with Gasteiger partial charge in [0.2, 0.25) is 0 Å². The number of Topliss-reactive ketones (excluding diaryl/α,β-unsaturated/α-hetero) is 1. The average molecular weight is 312 g/mol. The van der Waals surface area contributed by atoms with Gasteiger partial charge in [0.05, 0.1) is 6.42 Å². The number of quaternary nitrogens is 2. The molecule has 0 aliphatic heterocycles. The molecule has 0 aliphatic rings. The summed E-state index contributed by atoms with van der Waals surface area (Å²) < 4.78 is 0. The van der Waals surface area contributed by atoms with Gasteiger partial charge in [-0.1, -0.05) is 6.54 Å². The molecule has 0 aromatic heterocycles. The number of carbonyl (C=O) groups excluding carboxylic acids is 2. The second-order valence-corrected chi connectivity index (χ2v) is 3.46. The first-order valence-electron chi connectivity index (χ1n) is 5.27. The lowest BCUT2D eigenvalue weighted by atomic mass is 10.1. The summed E-state index contributed by atoms with van der Waals surface area (Å²) in [4.78, 5) is 39.8. The highest BCUT2D eigenvalue weighted by Crippen LogP contribution is 1.95. The van der Waals surface area contributed by atoms with E-state index in [0.717, 1.165) is 0 Å². The topological polar surface area (TPSA) is 255 Å². The van der Waals surface area contributed by atoms with Crippen LogP contribution in [0.2, 0.25) is 0 Å². The quantitative estimate of drug-likeness (QED) is 0.376. The normalized spacial score (nSPS) is 9.81. The first kappa shape index (κ1) is 27.3. The van der Waals surface area contributed by atoms with Crippen LogP contribution in [0.3, 0.4) is 0 Å². The standard InChI is InChI=1S/C6H11N2O3.C4H6O4.2H3N/c7-3-4(9)1-2-5(8)6(10)11;5-3(6)1-2-4(7)8;;/h5,7H,1-3,8H2,(H,10,11);1-2H2,(H,5,6)(H,7,8);2*1H3/q-1;;;/p+1/t5-;;;/m0.../s1. The lowest BCUT2D eigenvalue weighted by Gasteiger charge is -2.05. The molecule has 11 heteroatoms. The van der Waals surface area contributed by atoms with Gasteiger partial charge in [-0.15, -0.1) is 0 Å². The van der Waals surface area contributed by atoms with Gasteiger partial charge in [0.1, 0.15) is 11.8 Å². The Kier molecular flexibility index (Phi) is 20.8. The van der Waals surface area contributed by atoms with Crippen molar-refractivity contribution in [3.05, 3.63) is 5.73 Å². The maximum atomic E-state index is 10.5. The summed E-state index contributed by atoms with van der Waals surface area (Å²) in [6.07, 6.45) is -0.568. The highest BCUT2D eigenvalue weighted by molar-refractivity contribution is 5.82. The Bertz CT molecular complexity index is 321. The average Bonchev–Trinajstić information content (AvgIpc) is 2.33. The molecule has 0 aromatic rings. The van der Waals surface area contributed by atoms with Gasteiger partial charge in [0.15, 0.2) is 0 Å². The van der Waals surface area contributed by atoms with Crippen molar-refractivity contribution in [1.29, 1.82) is 0 Å². The fraction of sp³-hybridized carbons (Fsp3) is 0.600. The summed E-state index contributed by atoms with van der Waals surface area (Å²) >= 11 is 0. The van der Waals surface area contributed by atoms with Gasteiger partial charge in [0, 0.05) is 12.4 Å². The van der Waals surface area contributed by atoms with Crippen LogP contribution in [0.15, 0.2) is 0 Å². The first-order valence-corrected chi connectivity index (χ1v) is 5.27. The van der Waals surface area contributed by atoms with Gasteiger partial charge >= 0.3 is 11.9 Å². The van der Waals surface area contributed by atoms with Crippen LogP contribution in [0, 0.1) is 0 Å². The fourth-order valence-electron chi connectivity index (χ4n) is 0.737. The van der Waals surface area contributed by atoms with Crippen LogP contribution in [-0.2, 0) is 19.2 Å². The molecule has 0 aromatic carbocycles. The minimum Gasteiger partial charge on any atom is -0.671 e. The molecule has 11 nitrogen and oxygen atoms in total. The van der Waals surface area contributed by atoms with E-state index in [1.807, 2.05) is 0 Å². The van der Waals surface area contributed by atoms with E-state index in [4.69, 9.17) is 21.7 Å². The van der Waals surface area contributed by atoms with Crippen molar-refractivity contribution in [2.75, 3.05) is 6.54 Å². The van der Waals surface area contributed by atoms with Gasteiger partial charge in [-0.3, -0.25) is 9.59 Å². The Morgan fingerprint density at radius 2 is 1.52 bits per heavy atom. The van der Waals surface area contributed by atoms with Gasteiger partial charge in [-0.2, -0.15) is 0 Å². The van der Waals surface area contributed by atoms with Gasteiger partial charge in [-0.25, -0.2) is 0 Å². The number of aliphatic carboxylic acids is 3. The maximum absolute atomic E-state index is 10.5. The molecule has 0 fully saturated rings. The molecule has 0 radical (unpaired) electrons. The summed E-state index contributed by atoms with van der Waals surface area (Å²) in [7, 11) is 0. The van der Waals surface area contributed by atoms with Crippen LogP contribution < -0.4 is 23.1 Å². The monoisotopic (exact) mass is 312 g/mol. The van der Waals surface area contributed by atoms with Crippen LogP contribution in [0.1, 0.15) is 25.7 Å². The molecule has 13 N–H and O–H groups in total. The third kappa shape index (κ3) is 23.4. The van der Waals surface area contributed by atoms with Crippen molar-refractivity contribution in [1.82, 2.24) is 12.3 Å². The van der Waals surface area contributed by atoms with E-state index in [1.54, 1.807) is 0 Å². The molecule has 0 rings (SSSR count). The first-order chi connectivity index (χ1) is 8.70. The number of nitrogens with one attached hydrogen (secondary N) is 1. The third-order valence-electron chi connectivity index (χ3n) is 1.79. The molecule has 0 saturated heterocycles. The van der Waals surface area contributed by atoms with Crippen LogP contribution in [-0.4, -0.2) is 46.5 Å². The van der Waals surface area contributed by atoms with E-state index in [0.29, 0.717) is 0 Å². The van der Waals surface area contributed by atoms with Gasteiger partial charge < -0.3 is 48.7 Å². The Labute approximate surface area is 121 Å². The Morgan fingerprint density at radius 1 is 1.05 bits per heavy atom. The molecule has 0 bridgehead atoms. The predicted molar refractivity (Wildman–Crippen MR) is 72.9 cm³/mol. The highest BCUT2D eigenvalue weighted by Gasteiger charge is 2.11. The molecule has 21 heavy (non-hydrogen) atoms. The minimum atomic E-state index is -1.33. The van der Waals surface area contributed by atoms with Crippen molar-refractivity contribution in [2.45, 2.75) is 31.7 Å². The highest BCUT2D eigenvalue weighted by atomic mass is 16.4. The van der Waals surface area contributed by atoms with Crippen LogP contribution >= 0.6 is 0 Å². The van der Waals surface area contributed by atoms with Crippen LogP contribution in [0.25, 0.3) is 5.73 Å². The number of hydrogen-bond acceptors (Lipinski definition) is 6. The zero-order valence-electron chi connectivity index (χ0n) is 12.1. The van der Waals surface area contributed by atoms with E-state index in [-0.39, 0.29) is 43.9 Å². The zero-order chi connectivity index (χ0) is 15.4. The van der Waals surface area contributed by atoms with Crippen molar-refractivity contribution >= 4 is 23.7 Å². The lowest BCUT2D eigenvalue weighted by Crippen LogP contribution is -2.30. The van der Waals surface area contributed by atoms with E-state index >= 15 is 0 Å². The molecule has 0 saturated carbocycles. The number of rotatable bonds is 8. The molecule has 0 aliphatic carbocycles. The number of nitrogens with two attached hydrogens (primary N) is 1. The number of carboxylic acid groups (broad SMARTS) is 3. The van der Waals surface area contributed by atoms with Crippen molar-refractivity contribution in [2.24, 2.45) is 5.73 Å². The van der Waals surface area contributed by atoms with E-state index < -0.39 is 30.4 Å². The van der Waals surface area contributed by atoms with Crippen molar-refractivity contribution < 1.29 is 34.5 Å². The number of ketones is 1. The Morgan fingerprint density at radius 3 is 1.76 bits per heavy atom. The zero-order valence-corrected chi connectivity index (χ0v) is 12.1. The smallest absolute Gasteiger partial charge is 0.320 e. The van der Waals surface area contributed by atoms with E-state index in [9.17, 15) is 24.3 Å². The van der Waals surface area contributed by atoms with Crippen molar-refractivity contribution in [3.8, 4) is 0 Å². The summed E-state index contributed by atoms with van der Waals surface area (Å²) in [5, 5.41) is 25.7. The second kappa shape index (κ2) is 16.0. The summed E-state index contributed by atoms with van der Waals surface area (Å²) in [5.74, 6) is -3.83. The summed E-state index contributed by atoms with van der Waals surface area (Å²) in [5.41, 5.74) is 11.7. The molecule has 1 atom stereocenters. The largest absolute Gasteiger partial charge is 0.671 e. The Balaban J connectivity index is -0.000000131. The minimum absolute atomic E-state index is 0. The SMILES string of the molecule is O=C([O-])CCC(=O)O.[NH-]CC(=O)CC[C@H](N)C(=O)O.[NH4+].[NH4+]. The van der Waals surface area contributed by atoms with E-state index in [2.05, 4.69) is 0 Å². The Hall–Kier alpha value is -2.08. The maximum Gasteiger partial charge on any atom is 0.320 e. The molecule has 0 spiro atoms. The third-order valence-corrected chi connectivity index (χ3v) is 1.79. The number of carboxylic acids is 3. The summed E-state index contributed by atoms with van der Waals surface area (Å²) in [6, 6.07) is -0.981. The van der Waals surface area contributed by atoms with Crippen LogP contribution in [0.4, 0.5) is 0 Å². The van der Waals surface area contributed by atoms with E-state index in [1.165, 1.54) is 0 Å². The lowest BCUT2D eigenvalue weighted by molar-refractivity contribution is -0.305. The molecule has 0 heterocycles. The van der Waals surface area contributed by atoms with Gasteiger partial charge in [-0.05, 0) is 12.8 Å².